The fourth-order valence-electron chi connectivity index (χ4n) is 1.62. The van der Waals surface area contributed by atoms with Gasteiger partial charge in [0.25, 0.3) is 0 Å². The Balaban J connectivity index is 4.29. The first-order valence-electron chi connectivity index (χ1n) is 6.62. The number of nitrogens with one attached hydrogen (secondary N) is 1. The summed E-state index contributed by atoms with van der Waals surface area (Å²) in [4.78, 5) is 45.0. The molecule has 0 radical (unpaired) electrons. The third-order valence-electron chi connectivity index (χ3n) is 2.74. The summed E-state index contributed by atoms with van der Waals surface area (Å²) in [6.45, 7) is 6.05. The summed E-state index contributed by atoms with van der Waals surface area (Å²) in [6.07, 6.45) is 2.55. The van der Waals surface area contributed by atoms with Crippen molar-refractivity contribution in [1.29, 1.82) is 0 Å². The molecule has 0 aliphatic carbocycles. The number of aldehydes is 1. The molecule has 0 fully saturated rings. The van der Waals surface area contributed by atoms with Crippen molar-refractivity contribution in [3.63, 3.8) is 0 Å². The average Bonchev–Trinajstić information content (AvgIpc) is 2.32. The van der Waals surface area contributed by atoms with E-state index < -0.39 is 17.4 Å². The van der Waals surface area contributed by atoms with Gasteiger partial charge in [0.15, 0.2) is 5.12 Å². The summed E-state index contributed by atoms with van der Waals surface area (Å²) in [5.74, 6) is -0.643. The van der Waals surface area contributed by atoms with Gasteiger partial charge in [-0.1, -0.05) is 18.2 Å². The molecule has 114 valence electrons. The number of Topliss-reactive ketones (excluding diaryl/α,β-unsaturated/α-hetero) is 1. The van der Waals surface area contributed by atoms with Crippen molar-refractivity contribution in [1.82, 2.24) is 5.32 Å². The van der Waals surface area contributed by atoms with Gasteiger partial charge in [0, 0.05) is 12.7 Å². The SMILES string of the molecule is CC(=O)SCCCC[C@H](C(C)=O)C(=O)NC(C)(C)C=O. The van der Waals surface area contributed by atoms with Crippen LogP contribution in [0.1, 0.15) is 47.0 Å². The largest absolute Gasteiger partial charge is 0.344 e. The Labute approximate surface area is 124 Å². The lowest BCUT2D eigenvalue weighted by atomic mass is 9.95. The molecular formula is C14H23NO4S. The molecule has 0 spiro atoms. The van der Waals surface area contributed by atoms with E-state index in [0.717, 1.165) is 6.42 Å². The van der Waals surface area contributed by atoms with E-state index in [1.165, 1.54) is 25.6 Å². The van der Waals surface area contributed by atoms with E-state index in [1.807, 2.05) is 0 Å². The molecule has 0 saturated heterocycles. The van der Waals surface area contributed by atoms with Gasteiger partial charge >= 0.3 is 0 Å². The molecule has 0 unspecified atom stereocenters. The second-order valence-corrected chi connectivity index (χ2v) is 6.60. The smallest absolute Gasteiger partial charge is 0.231 e. The summed E-state index contributed by atoms with van der Waals surface area (Å²) in [5, 5.41) is 2.63. The van der Waals surface area contributed by atoms with Crippen LogP contribution in [0.5, 0.6) is 0 Å². The lowest BCUT2D eigenvalue weighted by Crippen LogP contribution is -2.48. The van der Waals surface area contributed by atoms with Crippen LogP contribution in [-0.4, -0.2) is 34.4 Å². The van der Waals surface area contributed by atoms with Crippen molar-refractivity contribution in [3.05, 3.63) is 0 Å². The van der Waals surface area contributed by atoms with Gasteiger partial charge in [0.2, 0.25) is 5.91 Å². The zero-order valence-electron chi connectivity index (χ0n) is 12.5. The van der Waals surface area contributed by atoms with Gasteiger partial charge in [-0.15, -0.1) is 0 Å². The van der Waals surface area contributed by atoms with Gasteiger partial charge in [-0.3, -0.25) is 14.4 Å². The molecular weight excluding hydrogens is 278 g/mol. The van der Waals surface area contributed by atoms with E-state index in [-0.39, 0.29) is 10.9 Å². The minimum atomic E-state index is -0.963. The van der Waals surface area contributed by atoms with Crippen LogP contribution in [-0.2, 0) is 19.2 Å². The minimum absolute atomic E-state index is 0.0681. The maximum Gasteiger partial charge on any atom is 0.231 e. The molecule has 1 atom stereocenters. The van der Waals surface area contributed by atoms with Crippen LogP contribution in [0.3, 0.4) is 0 Å². The highest BCUT2D eigenvalue weighted by Gasteiger charge is 2.27. The number of unbranched alkanes of at least 4 members (excludes halogenated alkanes) is 1. The maximum absolute atomic E-state index is 12.0. The predicted octanol–water partition coefficient (Wildman–Crippen LogP) is 1.74. The number of ketones is 1. The third-order valence-corrected chi connectivity index (χ3v) is 3.64. The third kappa shape index (κ3) is 8.09. The van der Waals surface area contributed by atoms with Crippen molar-refractivity contribution < 1.29 is 19.2 Å². The number of carbonyl (C=O) groups excluding carboxylic acids is 4. The average molecular weight is 301 g/mol. The summed E-state index contributed by atoms with van der Waals surface area (Å²) in [6, 6.07) is 0. The Morgan fingerprint density at radius 1 is 1.20 bits per heavy atom. The standard InChI is InChI=1S/C14H23NO4S/c1-10(17)12(7-5-6-8-20-11(2)18)13(19)15-14(3,4)9-16/h9,12H,5-8H2,1-4H3,(H,15,19)/t12-/m1/s1. The van der Waals surface area contributed by atoms with E-state index in [0.29, 0.717) is 24.9 Å². The van der Waals surface area contributed by atoms with Gasteiger partial charge in [-0.25, -0.2) is 0 Å². The Bertz CT molecular complexity index is 379. The molecule has 0 heterocycles. The topological polar surface area (TPSA) is 80.3 Å². The van der Waals surface area contributed by atoms with Gasteiger partial charge in [-0.05, 0) is 33.6 Å². The zero-order valence-corrected chi connectivity index (χ0v) is 13.3. The van der Waals surface area contributed by atoms with Crippen LogP contribution < -0.4 is 5.32 Å². The molecule has 0 bridgehead atoms. The van der Waals surface area contributed by atoms with Gasteiger partial charge < -0.3 is 10.1 Å². The molecule has 0 aromatic heterocycles. The Morgan fingerprint density at radius 3 is 2.25 bits per heavy atom. The first-order valence-corrected chi connectivity index (χ1v) is 7.60. The highest BCUT2D eigenvalue weighted by Crippen LogP contribution is 2.14. The Kier molecular flexibility index (Phi) is 8.37. The van der Waals surface area contributed by atoms with Crippen molar-refractivity contribution >= 4 is 34.9 Å². The molecule has 20 heavy (non-hydrogen) atoms. The van der Waals surface area contributed by atoms with Crippen molar-refractivity contribution in [2.75, 3.05) is 5.75 Å². The zero-order chi connectivity index (χ0) is 15.8. The Morgan fingerprint density at radius 2 is 1.80 bits per heavy atom. The maximum atomic E-state index is 12.0. The fourth-order valence-corrected chi connectivity index (χ4v) is 2.26. The summed E-state index contributed by atoms with van der Waals surface area (Å²) < 4.78 is 0. The molecule has 0 aromatic carbocycles. The van der Waals surface area contributed by atoms with E-state index in [9.17, 15) is 19.2 Å². The molecule has 5 nitrogen and oxygen atoms in total. The van der Waals surface area contributed by atoms with Crippen LogP contribution in [0.15, 0.2) is 0 Å². The predicted molar refractivity (Wildman–Crippen MR) is 79.4 cm³/mol. The number of amides is 1. The summed E-state index contributed by atoms with van der Waals surface area (Å²) >= 11 is 1.24. The molecule has 0 aromatic rings. The van der Waals surface area contributed by atoms with Crippen LogP contribution >= 0.6 is 11.8 Å². The van der Waals surface area contributed by atoms with Crippen molar-refractivity contribution in [2.45, 2.75) is 52.5 Å². The summed E-state index contributed by atoms with van der Waals surface area (Å²) in [5.41, 5.74) is -0.963. The van der Waals surface area contributed by atoms with Crippen LogP contribution in [0.25, 0.3) is 0 Å². The number of thioether (sulfide) groups is 1. The van der Waals surface area contributed by atoms with Crippen LogP contribution in [0, 0.1) is 5.92 Å². The summed E-state index contributed by atoms with van der Waals surface area (Å²) in [7, 11) is 0. The minimum Gasteiger partial charge on any atom is -0.344 e. The van der Waals surface area contributed by atoms with Gasteiger partial charge in [0.05, 0.1) is 11.5 Å². The molecule has 1 N–H and O–H groups in total. The van der Waals surface area contributed by atoms with E-state index in [1.54, 1.807) is 13.8 Å². The molecule has 0 aliphatic heterocycles. The van der Waals surface area contributed by atoms with Gasteiger partial charge in [-0.2, -0.15) is 0 Å². The highest BCUT2D eigenvalue weighted by molar-refractivity contribution is 8.13. The normalized spacial score (nSPS) is 12.6. The second kappa shape index (κ2) is 8.89. The highest BCUT2D eigenvalue weighted by atomic mass is 32.2. The lowest BCUT2D eigenvalue weighted by molar-refractivity contribution is -0.135. The van der Waals surface area contributed by atoms with Crippen LogP contribution in [0.2, 0.25) is 0 Å². The fraction of sp³-hybridized carbons (Fsp3) is 0.714. The van der Waals surface area contributed by atoms with E-state index in [4.69, 9.17) is 0 Å². The quantitative estimate of drug-likeness (QED) is 0.398. The lowest BCUT2D eigenvalue weighted by Gasteiger charge is -2.22. The molecule has 0 saturated carbocycles. The molecule has 1 amide bonds. The molecule has 6 heteroatoms. The first-order chi connectivity index (χ1) is 9.19. The number of rotatable bonds is 9. The molecule has 0 rings (SSSR count). The van der Waals surface area contributed by atoms with Crippen LogP contribution in [0.4, 0.5) is 0 Å². The number of hydrogen-bond donors (Lipinski definition) is 1. The monoisotopic (exact) mass is 301 g/mol. The van der Waals surface area contributed by atoms with Crippen molar-refractivity contribution in [2.24, 2.45) is 5.92 Å². The Hall–Kier alpha value is -1.17. The van der Waals surface area contributed by atoms with E-state index >= 15 is 0 Å². The van der Waals surface area contributed by atoms with Crippen molar-refractivity contribution in [3.8, 4) is 0 Å². The second-order valence-electron chi connectivity index (χ2n) is 5.33. The van der Waals surface area contributed by atoms with E-state index in [2.05, 4.69) is 5.32 Å². The first kappa shape index (κ1) is 18.8. The number of hydrogen-bond acceptors (Lipinski definition) is 5. The number of carbonyl (C=O) groups is 4. The van der Waals surface area contributed by atoms with Gasteiger partial charge in [0.1, 0.15) is 12.1 Å². The molecule has 0 aliphatic rings.